The summed E-state index contributed by atoms with van der Waals surface area (Å²) in [4.78, 5) is 23.9. The van der Waals surface area contributed by atoms with Gasteiger partial charge in [0.05, 0.1) is 19.7 Å². The fourth-order valence-electron chi connectivity index (χ4n) is 4.60. The lowest BCUT2D eigenvalue weighted by molar-refractivity contribution is -0.0661. The number of hydrogen-bond donors (Lipinski definition) is 1. The standard InChI is InChI=1S/C27H35F2N5O2/c1-18(20-9-7-19(8-10-20)15-33-12-6-11-27(28,29)17-33)31-25-30-14-21-13-22(36-5)24(35)34(23(21)32-25)16-26(2,3)4/h7-10,13-14,18H,6,11-12,15-17H2,1-5H3,(H,30,31,32)/t18-/m0/s1. The minimum absolute atomic E-state index is 0.0255. The number of benzene rings is 1. The topological polar surface area (TPSA) is 72.3 Å². The van der Waals surface area contributed by atoms with Crippen LogP contribution in [0.15, 0.2) is 41.3 Å². The number of hydrogen-bond acceptors (Lipinski definition) is 6. The van der Waals surface area contributed by atoms with Gasteiger partial charge in [-0.15, -0.1) is 0 Å². The van der Waals surface area contributed by atoms with Crippen molar-refractivity contribution in [1.29, 1.82) is 0 Å². The molecule has 3 aromatic rings. The average Bonchev–Trinajstić information content (AvgIpc) is 2.80. The number of halogens is 2. The molecule has 0 bridgehead atoms. The smallest absolute Gasteiger partial charge is 0.294 e. The number of methoxy groups -OCH3 is 1. The number of alkyl halides is 2. The van der Waals surface area contributed by atoms with Crippen LogP contribution in [0.2, 0.25) is 0 Å². The molecule has 1 fully saturated rings. The number of likely N-dealkylation sites (tertiary alicyclic amines) is 1. The molecule has 9 heteroatoms. The lowest BCUT2D eigenvalue weighted by Gasteiger charge is -2.32. The van der Waals surface area contributed by atoms with Gasteiger partial charge in [0.15, 0.2) is 5.75 Å². The van der Waals surface area contributed by atoms with Crippen molar-refractivity contribution in [2.45, 2.75) is 65.6 Å². The molecule has 3 heterocycles. The first-order valence-electron chi connectivity index (χ1n) is 12.3. The Hall–Kier alpha value is -3.07. The minimum Gasteiger partial charge on any atom is -0.491 e. The molecule has 194 valence electrons. The second-order valence-corrected chi connectivity index (χ2v) is 10.9. The van der Waals surface area contributed by atoms with Gasteiger partial charge < -0.3 is 10.1 Å². The molecular weight excluding hydrogens is 464 g/mol. The molecule has 0 spiro atoms. The van der Waals surface area contributed by atoms with Crippen molar-refractivity contribution in [2.75, 3.05) is 25.5 Å². The molecule has 0 amide bonds. The Balaban J connectivity index is 1.52. The summed E-state index contributed by atoms with van der Waals surface area (Å²) in [7, 11) is 1.48. The second-order valence-electron chi connectivity index (χ2n) is 10.9. The highest BCUT2D eigenvalue weighted by Crippen LogP contribution is 2.28. The van der Waals surface area contributed by atoms with E-state index in [0.29, 0.717) is 37.7 Å². The molecule has 1 aliphatic rings. The van der Waals surface area contributed by atoms with E-state index in [0.717, 1.165) is 16.5 Å². The summed E-state index contributed by atoms with van der Waals surface area (Å²) < 4.78 is 34.3. The van der Waals surface area contributed by atoms with E-state index < -0.39 is 5.92 Å². The van der Waals surface area contributed by atoms with Crippen LogP contribution in [-0.2, 0) is 13.1 Å². The first-order chi connectivity index (χ1) is 16.9. The van der Waals surface area contributed by atoms with Gasteiger partial charge in [-0.2, -0.15) is 4.98 Å². The third kappa shape index (κ3) is 6.19. The van der Waals surface area contributed by atoms with Gasteiger partial charge in [0, 0.05) is 31.1 Å². The fourth-order valence-corrected chi connectivity index (χ4v) is 4.60. The number of fused-ring (bicyclic) bond motifs is 1. The predicted octanol–water partition coefficient (Wildman–Crippen LogP) is 5.25. The monoisotopic (exact) mass is 499 g/mol. The molecule has 1 atom stereocenters. The Bertz CT molecular complexity index is 1270. The number of aromatic nitrogens is 3. The maximum Gasteiger partial charge on any atom is 0.294 e. The van der Waals surface area contributed by atoms with Crippen molar-refractivity contribution in [2.24, 2.45) is 5.41 Å². The van der Waals surface area contributed by atoms with Gasteiger partial charge in [-0.3, -0.25) is 14.3 Å². The number of nitrogens with zero attached hydrogens (tertiary/aromatic N) is 4. The summed E-state index contributed by atoms with van der Waals surface area (Å²) in [6.07, 6.45) is 2.19. The van der Waals surface area contributed by atoms with Crippen molar-refractivity contribution >= 4 is 17.0 Å². The molecule has 0 radical (unpaired) electrons. The van der Waals surface area contributed by atoms with Gasteiger partial charge in [0.25, 0.3) is 11.5 Å². The molecule has 0 saturated carbocycles. The first kappa shape index (κ1) is 26.0. The lowest BCUT2D eigenvalue weighted by Crippen LogP contribution is -2.41. The molecule has 0 unspecified atom stereocenters. The zero-order valence-electron chi connectivity index (χ0n) is 21.6. The largest absolute Gasteiger partial charge is 0.491 e. The van der Waals surface area contributed by atoms with E-state index >= 15 is 0 Å². The molecule has 7 nitrogen and oxygen atoms in total. The lowest BCUT2D eigenvalue weighted by atomic mass is 9.96. The van der Waals surface area contributed by atoms with Crippen LogP contribution >= 0.6 is 0 Å². The average molecular weight is 500 g/mol. The normalized spacial score (nSPS) is 17.2. The van der Waals surface area contributed by atoms with E-state index in [-0.39, 0.29) is 35.7 Å². The Labute approximate surface area is 210 Å². The summed E-state index contributed by atoms with van der Waals surface area (Å²) in [5.41, 5.74) is 2.22. The highest BCUT2D eigenvalue weighted by molar-refractivity contribution is 5.76. The van der Waals surface area contributed by atoms with Gasteiger partial charge in [0.2, 0.25) is 5.95 Å². The highest BCUT2D eigenvalue weighted by atomic mass is 19.3. The molecule has 2 aromatic heterocycles. The van der Waals surface area contributed by atoms with Gasteiger partial charge >= 0.3 is 0 Å². The summed E-state index contributed by atoms with van der Waals surface area (Å²) in [6, 6.07) is 9.52. The SMILES string of the molecule is COc1cc2cnc(N[C@@H](C)c3ccc(CN4CCCC(F)(F)C4)cc3)nc2n(CC(C)(C)C)c1=O. The van der Waals surface area contributed by atoms with E-state index in [1.165, 1.54) is 7.11 Å². The highest BCUT2D eigenvalue weighted by Gasteiger charge is 2.34. The summed E-state index contributed by atoms with van der Waals surface area (Å²) in [5, 5.41) is 4.05. The van der Waals surface area contributed by atoms with Crippen LogP contribution in [0.25, 0.3) is 11.0 Å². The third-order valence-corrected chi connectivity index (χ3v) is 6.35. The quantitative estimate of drug-likeness (QED) is 0.479. The van der Waals surface area contributed by atoms with Crippen molar-refractivity contribution in [3.8, 4) is 5.75 Å². The molecule has 36 heavy (non-hydrogen) atoms. The maximum absolute atomic E-state index is 13.7. The number of anilines is 1. The predicted molar refractivity (Wildman–Crippen MR) is 138 cm³/mol. The third-order valence-electron chi connectivity index (χ3n) is 6.35. The van der Waals surface area contributed by atoms with Crippen LogP contribution in [0.1, 0.15) is 57.7 Å². The van der Waals surface area contributed by atoms with E-state index in [9.17, 15) is 13.6 Å². The van der Waals surface area contributed by atoms with E-state index in [1.54, 1.807) is 16.8 Å². The van der Waals surface area contributed by atoms with Gasteiger partial charge in [-0.25, -0.2) is 13.8 Å². The summed E-state index contributed by atoms with van der Waals surface area (Å²) in [5.74, 6) is -1.92. The molecule has 4 rings (SSSR count). The van der Waals surface area contributed by atoms with Crippen molar-refractivity contribution in [3.05, 3.63) is 58.0 Å². The van der Waals surface area contributed by atoms with E-state index in [4.69, 9.17) is 4.74 Å². The Morgan fingerprint density at radius 1 is 1.22 bits per heavy atom. The molecule has 0 aliphatic carbocycles. The van der Waals surface area contributed by atoms with Crippen LogP contribution in [0, 0.1) is 5.41 Å². The number of rotatable bonds is 7. The number of piperidine rings is 1. The van der Waals surface area contributed by atoms with Gasteiger partial charge in [-0.1, -0.05) is 45.0 Å². The Kier molecular flexibility index (Phi) is 7.31. The molecule has 1 saturated heterocycles. The van der Waals surface area contributed by atoms with E-state index in [2.05, 4.69) is 36.1 Å². The number of pyridine rings is 1. The minimum atomic E-state index is -2.60. The van der Waals surface area contributed by atoms with Crippen LogP contribution < -0.4 is 15.6 Å². The second kappa shape index (κ2) is 10.1. The van der Waals surface area contributed by atoms with Crippen LogP contribution in [-0.4, -0.2) is 45.6 Å². The Morgan fingerprint density at radius 3 is 2.58 bits per heavy atom. The van der Waals surface area contributed by atoms with Crippen LogP contribution in [0.4, 0.5) is 14.7 Å². The zero-order valence-corrected chi connectivity index (χ0v) is 21.6. The summed E-state index contributed by atoms with van der Waals surface area (Å²) >= 11 is 0. The van der Waals surface area contributed by atoms with Crippen LogP contribution in [0.3, 0.4) is 0 Å². The van der Waals surface area contributed by atoms with Crippen molar-refractivity contribution in [3.63, 3.8) is 0 Å². The Morgan fingerprint density at radius 2 is 1.94 bits per heavy atom. The van der Waals surface area contributed by atoms with Crippen molar-refractivity contribution in [1.82, 2.24) is 19.4 Å². The molecule has 1 aromatic carbocycles. The summed E-state index contributed by atoms with van der Waals surface area (Å²) in [6.45, 7) is 9.70. The van der Waals surface area contributed by atoms with E-state index in [1.807, 2.05) is 36.1 Å². The van der Waals surface area contributed by atoms with Crippen molar-refractivity contribution < 1.29 is 13.5 Å². The van der Waals surface area contributed by atoms with Crippen LogP contribution in [0.5, 0.6) is 5.75 Å². The molecular formula is C27H35F2N5O2. The number of nitrogens with one attached hydrogen (secondary N) is 1. The number of ether oxygens (including phenoxy) is 1. The zero-order chi connectivity index (χ0) is 26.1. The van der Waals surface area contributed by atoms with Gasteiger partial charge in [-0.05, 0) is 42.5 Å². The first-order valence-corrected chi connectivity index (χ1v) is 12.3. The van der Waals surface area contributed by atoms with Gasteiger partial charge in [0.1, 0.15) is 5.65 Å². The molecule has 1 N–H and O–H groups in total. The maximum atomic E-state index is 13.7. The fraction of sp³-hybridized carbons (Fsp3) is 0.519. The molecule has 1 aliphatic heterocycles.